The van der Waals surface area contributed by atoms with Gasteiger partial charge in [0, 0.05) is 23.2 Å². The Morgan fingerprint density at radius 2 is 2.03 bits per heavy atom. The number of aromatic nitrogens is 3. The van der Waals surface area contributed by atoms with E-state index in [1.165, 1.54) is 29.5 Å². The lowest BCUT2D eigenvalue weighted by Gasteiger charge is -2.22. The molecule has 4 aromatic rings. The molecule has 0 aliphatic heterocycles. The molecule has 0 unspecified atom stereocenters. The van der Waals surface area contributed by atoms with Crippen LogP contribution in [0.2, 0.25) is 0 Å². The van der Waals surface area contributed by atoms with Crippen molar-refractivity contribution in [3.8, 4) is 5.75 Å². The highest BCUT2D eigenvalue weighted by atomic mass is 32.2. The molecule has 0 spiro atoms. The van der Waals surface area contributed by atoms with Gasteiger partial charge in [-0.2, -0.15) is 0 Å². The molecule has 5 rings (SSSR count). The summed E-state index contributed by atoms with van der Waals surface area (Å²) >= 11 is 2.66. The summed E-state index contributed by atoms with van der Waals surface area (Å²) in [6, 6.07) is 11.8. The topological polar surface area (TPSA) is 86.1 Å². The van der Waals surface area contributed by atoms with Crippen molar-refractivity contribution in [1.29, 1.82) is 0 Å². The van der Waals surface area contributed by atoms with Crippen LogP contribution in [0.3, 0.4) is 0 Å². The molecular formula is C26H28N4O3S2. The number of carbonyl (C=O) groups excluding carboxylic acids is 1. The van der Waals surface area contributed by atoms with E-state index < -0.39 is 0 Å². The number of nitrogens with zero attached hydrogens (tertiary/aromatic N) is 3. The van der Waals surface area contributed by atoms with E-state index >= 15 is 0 Å². The van der Waals surface area contributed by atoms with E-state index in [4.69, 9.17) is 9.72 Å². The fourth-order valence-electron chi connectivity index (χ4n) is 4.54. The summed E-state index contributed by atoms with van der Waals surface area (Å²) in [4.78, 5) is 36.5. The molecule has 3 aromatic heterocycles. The molecule has 9 heteroatoms. The zero-order valence-electron chi connectivity index (χ0n) is 19.7. The average molecular weight is 509 g/mol. The number of para-hydroxylation sites is 1. The van der Waals surface area contributed by atoms with Gasteiger partial charge in [0.1, 0.15) is 15.3 Å². The Morgan fingerprint density at radius 3 is 2.86 bits per heavy atom. The predicted molar refractivity (Wildman–Crippen MR) is 142 cm³/mol. The van der Waals surface area contributed by atoms with Crippen molar-refractivity contribution in [3.63, 3.8) is 0 Å². The summed E-state index contributed by atoms with van der Waals surface area (Å²) in [5, 5.41) is 4.54. The van der Waals surface area contributed by atoms with Gasteiger partial charge in [-0.05, 0) is 38.0 Å². The lowest BCUT2D eigenvalue weighted by molar-refractivity contribution is -0.119. The summed E-state index contributed by atoms with van der Waals surface area (Å²) in [6.45, 7) is 2.79. The molecule has 182 valence electrons. The summed E-state index contributed by atoms with van der Waals surface area (Å²) in [5.41, 5.74) is 1.41. The van der Waals surface area contributed by atoms with E-state index in [2.05, 4.69) is 10.3 Å². The lowest BCUT2D eigenvalue weighted by atomic mass is 9.95. The largest absolute Gasteiger partial charge is 0.494 e. The number of thioether (sulfide) groups is 1. The first-order valence-electron chi connectivity index (χ1n) is 12.0. The normalized spacial score (nSPS) is 14.4. The van der Waals surface area contributed by atoms with Crippen molar-refractivity contribution in [1.82, 2.24) is 19.9 Å². The Bertz CT molecular complexity index is 1410. The second-order valence-electron chi connectivity index (χ2n) is 8.65. The number of ether oxygens (including phenoxy) is 1. The Balaban J connectivity index is 1.50. The quantitative estimate of drug-likeness (QED) is 0.266. The number of hydrogen-bond donors (Lipinski definition) is 1. The van der Waals surface area contributed by atoms with E-state index in [9.17, 15) is 9.59 Å². The summed E-state index contributed by atoms with van der Waals surface area (Å²) in [7, 11) is 0. The van der Waals surface area contributed by atoms with E-state index in [0.29, 0.717) is 28.5 Å². The minimum absolute atomic E-state index is 0.0191. The van der Waals surface area contributed by atoms with Crippen molar-refractivity contribution in [3.05, 3.63) is 58.5 Å². The maximum Gasteiger partial charge on any atom is 0.272 e. The Hall–Kier alpha value is -2.91. The number of nitrogens with one attached hydrogen (secondary N) is 1. The highest BCUT2D eigenvalue weighted by Gasteiger charge is 2.20. The van der Waals surface area contributed by atoms with Crippen LogP contribution in [0.1, 0.15) is 44.6 Å². The number of thiophene rings is 1. The van der Waals surface area contributed by atoms with E-state index in [1.54, 1.807) is 10.8 Å². The first kappa shape index (κ1) is 23.8. The lowest BCUT2D eigenvalue weighted by Crippen LogP contribution is -2.37. The second kappa shape index (κ2) is 10.8. The van der Waals surface area contributed by atoms with Crippen molar-refractivity contribution < 1.29 is 9.53 Å². The van der Waals surface area contributed by atoms with E-state index in [1.807, 2.05) is 43.3 Å². The summed E-state index contributed by atoms with van der Waals surface area (Å²) in [6.07, 6.45) is 7.35. The van der Waals surface area contributed by atoms with Gasteiger partial charge >= 0.3 is 0 Å². The van der Waals surface area contributed by atoms with Crippen LogP contribution < -0.4 is 15.6 Å². The molecule has 0 saturated heterocycles. The van der Waals surface area contributed by atoms with Gasteiger partial charge in [0.05, 0.1) is 24.4 Å². The zero-order chi connectivity index (χ0) is 24.2. The summed E-state index contributed by atoms with van der Waals surface area (Å²) in [5.74, 6) is 0.933. The molecule has 1 N–H and O–H groups in total. The molecule has 1 aromatic carbocycles. The first-order chi connectivity index (χ1) is 17.1. The monoisotopic (exact) mass is 508 g/mol. The molecule has 0 bridgehead atoms. The van der Waals surface area contributed by atoms with Gasteiger partial charge in [-0.25, -0.2) is 9.97 Å². The van der Waals surface area contributed by atoms with Gasteiger partial charge in [-0.15, -0.1) is 11.3 Å². The Labute approximate surface area is 211 Å². The number of fused-ring (bicyclic) bond motifs is 3. The van der Waals surface area contributed by atoms with Gasteiger partial charge in [-0.1, -0.05) is 49.2 Å². The Kier molecular flexibility index (Phi) is 7.34. The smallest absolute Gasteiger partial charge is 0.272 e. The average Bonchev–Trinajstić information content (AvgIpc) is 3.25. The molecule has 1 saturated carbocycles. The third-order valence-electron chi connectivity index (χ3n) is 6.22. The zero-order valence-corrected chi connectivity index (χ0v) is 21.3. The molecule has 35 heavy (non-hydrogen) atoms. The third kappa shape index (κ3) is 5.21. The van der Waals surface area contributed by atoms with Crippen LogP contribution in [0, 0.1) is 0 Å². The molecule has 1 aliphatic rings. The highest BCUT2D eigenvalue weighted by molar-refractivity contribution is 7.99. The van der Waals surface area contributed by atoms with Crippen LogP contribution >= 0.6 is 23.1 Å². The molecule has 1 fully saturated rings. The first-order valence-corrected chi connectivity index (χ1v) is 13.8. The van der Waals surface area contributed by atoms with Crippen molar-refractivity contribution in [2.45, 2.75) is 56.8 Å². The number of hydrogen-bond acceptors (Lipinski definition) is 7. The minimum Gasteiger partial charge on any atom is -0.494 e. The standard InChI is InChI=1S/C26H28N4O3S2/c1-2-33-20-13-7-6-9-17(20)15-30-25(32)23-22(19-12-8-14-27-24(19)35-23)29-26(30)34-16-21(31)28-18-10-4-3-5-11-18/h6-9,12-14,18H,2-5,10-11,15-16H2,1H3,(H,28,31). The fourth-order valence-corrected chi connectivity index (χ4v) is 6.37. The Morgan fingerprint density at radius 1 is 1.20 bits per heavy atom. The van der Waals surface area contributed by atoms with E-state index in [0.717, 1.165) is 47.2 Å². The van der Waals surface area contributed by atoms with Gasteiger partial charge in [0.15, 0.2) is 5.16 Å². The van der Waals surface area contributed by atoms with Crippen LogP contribution in [0.5, 0.6) is 5.75 Å². The van der Waals surface area contributed by atoms with Gasteiger partial charge in [0.2, 0.25) is 5.91 Å². The van der Waals surface area contributed by atoms with Crippen LogP contribution in [-0.4, -0.2) is 38.8 Å². The van der Waals surface area contributed by atoms with Crippen LogP contribution in [0.25, 0.3) is 20.4 Å². The molecule has 3 heterocycles. The van der Waals surface area contributed by atoms with Crippen LogP contribution in [0.15, 0.2) is 52.5 Å². The van der Waals surface area contributed by atoms with Crippen LogP contribution in [0.4, 0.5) is 0 Å². The number of amides is 1. The van der Waals surface area contributed by atoms with Crippen molar-refractivity contribution in [2.75, 3.05) is 12.4 Å². The minimum atomic E-state index is -0.125. The second-order valence-corrected chi connectivity index (χ2v) is 10.6. The highest BCUT2D eigenvalue weighted by Crippen LogP contribution is 2.31. The van der Waals surface area contributed by atoms with E-state index in [-0.39, 0.29) is 23.3 Å². The number of carbonyl (C=O) groups is 1. The predicted octanol–water partition coefficient (Wildman–Crippen LogP) is 4.99. The van der Waals surface area contributed by atoms with Gasteiger partial charge in [-0.3, -0.25) is 14.2 Å². The van der Waals surface area contributed by atoms with Crippen molar-refractivity contribution in [2.24, 2.45) is 0 Å². The molecule has 1 amide bonds. The molecule has 7 nitrogen and oxygen atoms in total. The SMILES string of the molecule is CCOc1ccccc1Cn1c(SCC(=O)NC2CCCCC2)nc2c(sc3ncccc32)c1=O. The number of rotatable bonds is 8. The fraction of sp³-hybridized carbons (Fsp3) is 0.385. The maximum absolute atomic E-state index is 13.7. The third-order valence-corrected chi connectivity index (χ3v) is 8.29. The number of benzene rings is 1. The van der Waals surface area contributed by atoms with Crippen molar-refractivity contribution >= 4 is 49.4 Å². The van der Waals surface area contributed by atoms with Crippen LogP contribution in [-0.2, 0) is 11.3 Å². The maximum atomic E-state index is 13.7. The molecular weight excluding hydrogens is 480 g/mol. The number of pyridine rings is 1. The van der Waals surface area contributed by atoms with Gasteiger partial charge in [0.25, 0.3) is 5.56 Å². The molecule has 0 radical (unpaired) electrons. The van der Waals surface area contributed by atoms with Gasteiger partial charge < -0.3 is 10.1 Å². The molecule has 0 atom stereocenters. The summed E-state index contributed by atoms with van der Waals surface area (Å²) < 4.78 is 8.03. The molecule has 1 aliphatic carbocycles.